The number of hydrogen-bond acceptors (Lipinski definition) is 4. The molecule has 1 unspecified atom stereocenters. The summed E-state index contributed by atoms with van der Waals surface area (Å²) in [6.45, 7) is 6.35. The zero-order chi connectivity index (χ0) is 31.0. The van der Waals surface area contributed by atoms with Gasteiger partial charge in [-0.1, -0.05) is 79.6 Å². The molecule has 0 radical (unpaired) electrons. The van der Waals surface area contributed by atoms with Crippen molar-refractivity contribution in [3.8, 4) is 0 Å². The van der Waals surface area contributed by atoms with Crippen molar-refractivity contribution in [3.63, 3.8) is 0 Å². The molecule has 0 bridgehead atoms. The number of carbonyl (C=O) groups is 2. The van der Waals surface area contributed by atoms with Gasteiger partial charge in [-0.3, -0.25) is 13.9 Å². The second kappa shape index (κ2) is 14.7. The Morgan fingerprint density at radius 2 is 1.53 bits per heavy atom. The molecule has 1 saturated carbocycles. The molecule has 0 heterocycles. The van der Waals surface area contributed by atoms with Crippen LogP contribution in [0.3, 0.4) is 0 Å². The Balaban J connectivity index is 1.61. The molecule has 8 heteroatoms. The van der Waals surface area contributed by atoms with E-state index >= 15 is 0 Å². The van der Waals surface area contributed by atoms with Gasteiger partial charge >= 0.3 is 0 Å². The molecule has 0 aliphatic heterocycles. The molecule has 1 N–H and O–H groups in total. The topological polar surface area (TPSA) is 86.8 Å². The molecule has 2 amide bonds. The normalized spacial score (nSPS) is 14.3. The number of carbonyl (C=O) groups excluding carboxylic acids is 2. The van der Waals surface area contributed by atoms with Gasteiger partial charge in [0.15, 0.2) is 0 Å². The van der Waals surface area contributed by atoms with Crippen molar-refractivity contribution >= 4 is 27.5 Å². The number of benzene rings is 3. The van der Waals surface area contributed by atoms with Gasteiger partial charge in [-0.15, -0.1) is 0 Å². The van der Waals surface area contributed by atoms with E-state index in [1.165, 1.54) is 10.6 Å². The van der Waals surface area contributed by atoms with Crippen molar-refractivity contribution < 1.29 is 18.0 Å². The smallest absolute Gasteiger partial charge is 0.243 e. The minimum absolute atomic E-state index is 0.116. The molecule has 1 atom stereocenters. The van der Waals surface area contributed by atoms with Crippen molar-refractivity contribution in [2.75, 3.05) is 17.1 Å². The minimum atomic E-state index is -3.57. The molecule has 0 aromatic heterocycles. The fourth-order valence-corrected chi connectivity index (χ4v) is 6.90. The molecule has 1 aliphatic carbocycles. The molecule has 4 rings (SSSR count). The predicted octanol–water partition coefficient (Wildman–Crippen LogP) is 5.86. The Morgan fingerprint density at radius 3 is 2.21 bits per heavy atom. The van der Waals surface area contributed by atoms with Gasteiger partial charge in [0.25, 0.3) is 0 Å². The lowest BCUT2D eigenvalue weighted by Gasteiger charge is -2.33. The number of nitrogens with zero attached hydrogens (tertiary/aromatic N) is 2. The molecule has 0 saturated heterocycles. The van der Waals surface area contributed by atoms with Crippen LogP contribution >= 0.6 is 0 Å². The van der Waals surface area contributed by atoms with E-state index in [1.807, 2.05) is 87.5 Å². The van der Waals surface area contributed by atoms with E-state index in [2.05, 4.69) is 5.32 Å². The number of nitrogens with one attached hydrogen (secondary N) is 1. The van der Waals surface area contributed by atoms with Gasteiger partial charge in [0.1, 0.15) is 6.04 Å². The highest BCUT2D eigenvalue weighted by atomic mass is 32.2. The Morgan fingerprint density at radius 1 is 0.884 bits per heavy atom. The summed E-state index contributed by atoms with van der Waals surface area (Å²) in [7, 11) is -3.57. The molecule has 3 aromatic rings. The predicted molar refractivity (Wildman–Crippen MR) is 173 cm³/mol. The molecule has 3 aromatic carbocycles. The summed E-state index contributed by atoms with van der Waals surface area (Å²) in [6, 6.07) is 22.8. The zero-order valence-corrected chi connectivity index (χ0v) is 26.7. The Labute approximate surface area is 257 Å². The first-order chi connectivity index (χ1) is 20.5. The maximum atomic E-state index is 14.1. The van der Waals surface area contributed by atoms with E-state index in [9.17, 15) is 18.0 Å². The molecular weight excluding hydrogens is 558 g/mol. The van der Waals surface area contributed by atoms with E-state index in [0.29, 0.717) is 25.1 Å². The van der Waals surface area contributed by atoms with Crippen molar-refractivity contribution in [1.82, 2.24) is 10.2 Å². The summed E-state index contributed by atoms with van der Waals surface area (Å²) in [4.78, 5) is 29.7. The van der Waals surface area contributed by atoms with E-state index in [1.54, 1.807) is 11.0 Å². The third kappa shape index (κ3) is 8.69. The minimum Gasteiger partial charge on any atom is -0.352 e. The lowest BCUT2D eigenvalue weighted by Crippen LogP contribution is -2.52. The first-order valence-corrected chi connectivity index (χ1v) is 17.1. The zero-order valence-electron chi connectivity index (χ0n) is 25.9. The van der Waals surface area contributed by atoms with Gasteiger partial charge in [0.05, 0.1) is 11.9 Å². The number of anilines is 1. The molecule has 1 fully saturated rings. The third-order valence-electron chi connectivity index (χ3n) is 8.57. The largest absolute Gasteiger partial charge is 0.352 e. The van der Waals surface area contributed by atoms with Crippen LogP contribution in [0.25, 0.3) is 0 Å². The van der Waals surface area contributed by atoms with Crippen molar-refractivity contribution in [1.29, 1.82) is 0 Å². The van der Waals surface area contributed by atoms with Crippen LogP contribution in [0.15, 0.2) is 72.8 Å². The van der Waals surface area contributed by atoms with Crippen LogP contribution in [0.4, 0.5) is 5.69 Å². The maximum Gasteiger partial charge on any atom is 0.243 e. The first kappa shape index (κ1) is 32.3. The molecule has 7 nitrogen and oxygen atoms in total. The summed E-state index contributed by atoms with van der Waals surface area (Å²) in [5.74, 6) is -0.300. The summed E-state index contributed by atoms with van der Waals surface area (Å²) in [5, 5.41) is 3.24. The van der Waals surface area contributed by atoms with Crippen LogP contribution in [-0.4, -0.2) is 50.0 Å². The monoisotopic (exact) mass is 603 g/mol. The van der Waals surface area contributed by atoms with Crippen LogP contribution in [0, 0.1) is 20.8 Å². The summed E-state index contributed by atoms with van der Waals surface area (Å²) < 4.78 is 27.0. The van der Waals surface area contributed by atoms with Crippen LogP contribution in [0.1, 0.15) is 66.3 Å². The molecule has 230 valence electrons. The number of aryl methyl sites for hydroxylation is 2. The number of sulfonamides is 1. The quantitative estimate of drug-likeness (QED) is 0.265. The highest BCUT2D eigenvalue weighted by molar-refractivity contribution is 7.92. The van der Waals surface area contributed by atoms with Crippen molar-refractivity contribution in [2.24, 2.45) is 0 Å². The SMILES string of the molecule is Cc1ccccc1CN(C(=O)CCCN(c1cccc(C)c1C)S(C)(=O)=O)C(Cc1ccccc1)C(=O)NC1CCCC1. The van der Waals surface area contributed by atoms with E-state index in [4.69, 9.17) is 0 Å². The standard InChI is InChI=1S/C35H45N3O4S/c1-26-15-12-21-32(28(26)3)38(43(4,41)42)23-13-22-34(39)37(25-30-18-9-8-14-27(30)2)33(24-29-16-6-5-7-17-29)35(40)36-31-19-10-11-20-31/h5-9,12,14-18,21,31,33H,10-11,13,19-20,22-25H2,1-4H3,(H,36,40). The number of amides is 2. The lowest BCUT2D eigenvalue weighted by atomic mass is 10.0. The van der Waals surface area contributed by atoms with Gasteiger partial charge < -0.3 is 10.2 Å². The van der Waals surface area contributed by atoms with Crippen LogP contribution in [0.2, 0.25) is 0 Å². The molecule has 0 spiro atoms. The maximum absolute atomic E-state index is 14.1. The number of hydrogen-bond donors (Lipinski definition) is 1. The van der Waals surface area contributed by atoms with Crippen LogP contribution in [-0.2, 0) is 32.6 Å². The second-order valence-corrected chi connectivity index (χ2v) is 13.7. The molecule has 43 heavy (non-hydrogen) atoms. The Hall–Kier alpha value is -3.65. The summed E-state index contributed by atoms with van der Waals surface area (Å²) >= 11 is 0. The van der Waals surface area contributed by atoms with Crippen molar-refractivity contribution in [2.45, 2.75) is 84.3 Å². The Kier molecular flexibility index (Phi) is 11.0. The summed E-state index contributed by atoms with van der Waals surface area (Å²) in [5.41, 5.74) is 5.54. The Bertz CT molecular complexity index is 1500. The highest BCUT2D eigenvalue weighted by Crippen LogP contribution is 2.26. The van der Waals surface area contributed by atoms with Crippen molar-refractivity contribution in [3.05, 3.63) is 101 Å². The average molecular weight is 604 g/mol. The summed E-state index contributed by atoms with van der Waals surface area (Å²) in [6.07, 6.45) is 6.13. The van der Waals surface area contributed by atoms with Crippen LogP contribution < -0.4 is 9.62 Å². The molecule has 1 aliphatic rings. The third-order valence-corrected chi connectivity index (χ3v) is 9.75. The van der Waals surface area contributed by atoms with E-state index in [-0.39, 0.29) is 30.8 Å². The second-order valence-electron chi connectivity index (χ2n) is 11.8. The number of rotatable bonds is 13. The lowest BCUT2D eigenvalue weighted by molar-refractivity contribution is -0.141. The molecular formula is C35H45N3O4S. The first-order valence-electron chi connectivity index (χ1n) is 15.3. The highest BCUT2D eigenvalue weighted by Gasteiger charge is 2.32. The van der Waals surface area contributed by atoms with E-state index < -0.39 is 16.1 Å². The van der Waals surface area contributed by atoms with Gasteiger partial charge in [-0.05, 0) is 73.9 Å². The van der Waals surface area contributed by atoms with Gasteiger partial charge in [-0.2, -0.15) is 0 Å². The fraction of sp³-hybridized carbons (Fsp3) is 0.429. The van der Waals surface area contributed by atoms with E-state index in [0.717, 1.165) is 53.5 Å². The average Bonchev–Trinajstić information content (AvgIpc) is 3.48. The van der Waals surface area contributed by atoms with Crippen LogP contribution in [0.5, 0.6) is 0 Å². The van der Waals surface area contributed by atoms with Gasteiger partial charge in [0.2, 0.25) is 21.8 Å². The van der Waals surface area contributed by atoms with Gasteiger partial charge in [0, 0.05) is 32.0 Å². The fourth-order valence-electron chi connectivity index (χ4n) is 5.88. The van der Waals surface area contributed by atoms with Gasteiger partial charge in [-0.25, -0.2) is 8.42 Å².